The summed E-state index contributed by atoms with van der Waals surface area (Å²) < 4.78 is 10.8. The van der Waals surface area contributed by atoms with Crippen LogP contribution in [0.1, 0.15) is 30.6 Å². The van der Waals surface area contributed by atoms with Crippen molar-refractivity contribution >= 4 is 40.8 Å². The Kier molecular flexibility index (Phi) is 9.71. The van der Waals surface area contributed by atoms with Crippen LogP contribution in [-0.2, 0) is 4.79 Å². The van der Waals surface area contributed by atoms with Crippen molar-refractivity contribution in [3.8, 4) is 22.8 Å². The van der Waals surface area contributed by atoms with Crippen LogP contribution in [0.15, 0.2) is 48.5 Å². The lowest BCUT2D eigenvalue weighted by Gasteiger charge is -2.37. The van der Waals surface area contributed by atoms with Gasteiger partial charge in [0, 0.05) is 48.9 Å². The molecule has 1 atom stereocenters. The molecule has 0 saturated carbocycles. The molecule has 9 nitrogen and oxygen atoms in total. The first kappa shape index (κ1) is 29.4. The lowest BCUT2D eigenvalue weighted by molar-refractivity contribution is -0.132. The summed E-state index contributed by atoms with van der Waals surface area (Å²) in [4.78, 5) is 32.1. The molecule has 11 heteroatoms. The molecule has 0 radical (unpaired) electrons. The number of carbonyl (C=O) groups excluding carboxylic acids is 2. The van der Waals surface area contributed by atoms with E-state index in [4.69, 9.17) is 32.7 Å². The number of piperazine rings is 1. The molecule has 2 heterocycles. The second-order valence-electron chi connectivity index (χ2n) is 9.53. The fourth-order valence-corrected chi connectivity index (χ4v) is 5.03. The number of ether oxygens (including phenoxy) is 2. The van der Waals surface area contributed by atoms with Crippen LogP contribution in [0.2, 0.25) is 10.0 Å². The molecule has 2 amide bonds. The standard InChI is InChI=1S/C29H33Cl2N5O4/c1-5-19(2)36(29(38)22-8-6-20(30)16-24(22)31)18-28(37)35-14-12-34(13-15-35)27-11-10-25(32-33-27)23-9-7-21(39-3)17-26(23)40-4/h6-11,16-17,19H,5,12-15,18H2,1-4H3. The first-order valence-electron chi connectivity index (χ1n) is 13.1. The smallest absolute Gasteiger partial charge is 0.256 e. The fraction of sp³-hybridized carbons (Fsp3) is 0.379. The molecule has 3 aromatic rings. The van der Waals surface area contributed by atoms with Crippen molar-refractivity contribution < 1.29 is 19.1 Å². The molecule has 0 bridgehead atoms. The van der Waals surface area contributed by atoms with Crippen LogP contribution < -0.4 is 14.4 Å². The maximum Gasteiger partial charge on any atom is 0.256 e. The minimum atomic E-state index is -0.285. The van der Waals surface area contributed by atoms with Crippen molar-refractivity contribution in [3.63, 3.8) is 0 Å². The minimum Gasteiger partial charge on any atom is -0.497 e. The van der Waals surface area contributed by atoms with Crippen LogP contribution in [0.5, 0.6) is 11.5 Å². The molecule has 1 aliphatic rings. The SMILES string of the molecule is CCC(C)N(CC(=O)N1CCN(c2ccc(-c3ccc(OC)cc3OC)nn2)CC1)C(=O)c1ccc(Cl)cc1Cl. The van der Waals surface area contributed by atoms with Gasteiger partial charge in [-0.1, -0.05) is 30.1 Å². The number of carbonyl (C=O) groups is 2. The number of aromatic nitrogens is 2. The summed E-state index contributed by atoms with van der Waals surface area (Å²) in [6.07, 6.45) is 0.703. The molecule has 40 heavy (non-hydrogen) atoms. The van der Waals surface area contributed by atoms with Gasteiger partial charge in [0.2, 0.25) is 5.91 Å². The zero-order chi connectivity index (χ0) is 28.8. The van der Waals surface area contributed by atoms with Crippen molar-refractivity contribution in [2.24, 2.45) is 0 Å². The van der Waals surface area contributed by atoms with E-state index in [0.717, 1.165) is 11.4 Å². The van der Waals surface area contributed by atoms with Crippen molar-refractivity contribution in [2.45, 2.75) is 26.3 Å². The predicted molar refractivity (Wildman–Crippen MR) is 157 cm³/mol. The van der Waals surface area contributed by atoms with E-state index in [1.54, 1.807) is 42.2 Å². The minimum absolute atomic E-state index is 0.0228. The molecule has 212 valence electrons. The van der Waals surface area contributed by atoms with Crippen LogP contribution in [0, 0.1) is 0 Å². The molecular formula is C29H33Cl2N5O4. The largest absolute Gasteiger partial charge is 0.497 e. The molecule has 1 unspecified atom stereocenters. The van der Waals surface area contributed by atoms with Crippen LogP contribution in [0.25, 0.3) is 11.3 Å². The van der Waals surface area contributed by atoms with E-state index in [2.05, 4.69) is 15.1 Å². The Balaban J connectivity index is 1.39. The summed E-state index contributed by atoms with van der Waals surface area (Å²) in [6, 6.07) is 14.0. The Morgan fingerprint density at radius 3 is 2.33 bits per heavy atom. The van der Waals surface area contributed by atoms with Gasteiger partial charge in [-0.3, -0.25) is 9.59 Å². The first-order valence-corrected chi connectivity index (χ1v) is 13.9. The summed E-state index contributed by atoms with van der Waals surface area (Å²) in [5.74, 6) is 1.69. The molecule has 1 saturated heterocycles. The van der Waals surface area contributed by atoms with Crippen molar-refractivity contribution in [1.82, 2.24) is 20.0 Å². The van der Waals surface area contributed by atoms with E-state index in [-0.39, 0.29) is 29.4 Å². The summed E-state index contributed by atoms with van der Waals surface area (Å²) >= 11 is 12.3. The van der Waals surface area contributed by atoms with Gasteiger partial charge in [0.15, 0.2) is 5.82 Å². The zero-order valence-electron chi connectivity index (χ0n) is 23.1. The monoisotopic (exact) mass is 585 g/mol. The van der Waals surface area contributed by atoms with Gasteiger partial charge >= 0.3 is 0 Å². The lowest BCUT2D eigenvalue weighted by Crippen LogP contribution is -2.53. The number of nitrogens with zero attached hydrogens (tertiary/aromatic N) is 5. The van der Waals surface area contributed by atoms with E-state index >= 15 is 0 Å². The Morgan fingerprint density at radius 1 is 0.975 bits per heavy atom. The third kappa shape index (κ3) is 6.59. The highest BCUT2D eigenvalue weighted by Crippen LogP contribution is 2.32. The fourth-order valence-electron chi connectivity index (χ4n) is 4.54. The Hall–Kier alpha value is -3.56. The number of hydrogen-bond acceptors (Lipinski definition) is 7. The van der Waals surface area contributed by atoms with Gasteiger partial charge in [-0.15, -0.1) is 10.2 Å². The maximum atomic E-state index is 13.3. The summed E-state index contributed by atoms with van der Waals surface area (Å²) in [6.45, 7) is 6.12. The van der Waals surface area contributed by atoms with E-state index in [0.29, 0.717) is 60.4 Å². The topological polar surface area (TPSA) is 88.1 Å². The van der Waals surface area contributed by atoms with Gasteiger partial charge in [0.05, 0.1) is 30.5 Å². The van der Waals surface area contributed by atoms with E-state index < -0.39 is 0 Å². The number of amides is 2. The highest BCUT2D eigenvalue weighted by molar-refractivity contribution is 6.36. The Bertz CT molecular complexity index is 1350. The second-order valence-corrected chi connectivity index (χ2v) is 10.4. The van der Waals surface area contributed by atoms with Crippen molar-refractivity contribution in [2.75, 3.05) is 51.8 Å². The number of methoxy groups -OCH3 is 2. The molecule has 0 spiro atoms. The number of benzene rings is 2. The first-order chi connectivity index (χ1) is 19.2. The lowest BCUT2D eigenvalue weighted by atomic mass is 10.1. The van der Waals surface area contributed by atoms with E-state index in [9.17, 15) is 9.59 Å². The maximum absolute atomic E-state index is 13.3. The van der Waals surface area contributed by atoms with Crippen molar-refractivity contribution in [3.05, 3.63) is 64.1 Å². The highest BCUT2D eigenvalue weighted by Gasteiger charge is 2.29. The van der Waals surface area contributed by atoms with E-state index in [1.807, 2.05) is 38.1 Å². The third-order valence-electron chi connectivity index (χ3n) is 7.14. The number of hydrogen-bond donors (Lipinski definition) is 0. The number of anilines is 1. The molecular weight excluding hydrogens is 553 g/mol. The average Bonchev–Trinajstić information content (AvgIpc) is 2.98. The van der Waals surface area contributed by atoms with E-state index in [1.165, 1.54) is 6.07 Å². The molecule has 1 aliphatic heterocycles. The van der Waals surface area contributed by atoms with Gasteiger partial charge in [-0.2, -0.15) is 0 Å². The quantitative estimate of drug-likeness (QED) is 0.347. The molecule has 0 aliphatic carbocycles. The Labute approximate surface area is 244 Å². The molecule has 0 N–H and O–H groups in total. The molecule has 1 fully saturated rings. The normalized spacial score (nSPS) is 14.1. The van der Waals surface area contributed by atoms with Crippen molar-refractivity contribution in [1.29, 1.82) is 0 Å². The average molecular weight is 587 g/mol. The van der Waals surface area contributed by atoms with Gasteiger partial charge in [-0.25, -0.2) is 0 Å². The molecule has 4 rings (SSSR count). The number of halogens is 2. The predicted octanol–water partition coefficient (Wildman–Crippen LogP) is 5.06. The zero-order valence-corrected chi connectivity index (χ0v) is 24.6. The van der Waals surface area contributed by atoms with Crippen LogP contribution in [0.3, 0.4) is 0 Å². The van der Waals surface area contributed by atoms with Gasteiger partial charge in [0.25, 0.3) is 5.91 Å². The number of rotatable bonds is 9. The summed E-state index contributed by atoms with van der Waals surface area (Å²) in [5.41, 5.74) is 1.84. The second kappa shape index (κ2) is 13.2. The van der Waals surface area contributed by atoms with Crippen LogP contribution >= 0.6 is 23.2 Å². The molecule has 2 aromatic carbocycles. The van der Waals surface area contributed by atoms with Gasteiger partial charge in [0.1, 0.15) is 18.0 Å². The Morgan fingerprint density at radius 2 is 1.73 bits per heavy atom. The summed E-state index contributed by atoms with van der Waals surface area (Å²) in [7, 11) is 3.21. The third-order valence-corrected chi connectivity index (χ3v) is 7.69. The summed E-state index contributed by atoms with van der Waals surface area (Å²) in [5, 5.41) is 9.56. The van der Waals surface area contributed by atoms with Crippen LogP contribution in [0.4, 0.5) is 5.82 Å². The van der Waals surface area contributed by atoms with Gasteiger partial charge in [-0.05, 0) is 55.8 Å². The van der Waals surface area contributed by atoms with Gasteiger partial charge < -0.3 is 24.2 Å². The highest BCUT2D eigenvalue weighted by atomic mass is 35.5. The van der Waals surface area contributed by atoms with Crippen LogP contribution in [-0.4, -0.2) is 84.8 Å². The molecule has 1 aromatic heterocycles.